The van der Waals surface area contributed by atoms with Crippen LogP contribution >= 0.6 is 23.4 Å². The second kappa shape index (κ2) is 5.14. The van der Waals surface area contributed by atoms with Crippen molar-refractivity contribution in [1.29, 1.82) is 0 Å². The van der Waals surface area contributed by atoms with Crippen molar-refractivity contribution in [3.63, 3.8) is 0 Å². The van der Waals surface area contributed by atoms with Crippen molar-refractivity contribution in [3.8, 4) is 0 Å². The zero-order valence-electron chi connectivity index (χ0n) is 8.51. The van der Waals surface area contributed by atoms with Crippen molar-refractivity contribution in [3.05, 3.63) is 35.6 Å². The van der Waals surface area contributed by atoms with Gasteiger partial charge in [0.1, 0.15) is 0 Å². The van der Waals surface area contributed by atoms with Crippen molar-refractivity contribution in [2.24, 2.45) is 0 Å². The number of aromatic nitrogens is 3. The predicted octanol–water partition coefficient (Wildman–Crippen LogP) is 2.72. The van der Waals surface area contributed by atoms with Crippen molar-refractivity contribution in [2.45, 2.75) is 10.1 Å². The molecule has 0 aliphatic carbocycles. The Morgan fingerprint density at radius 1 is 1.12 bits per heavy atom. The van der Waals surface area contributed by atoms with Gasteiger partial charge in [-0.2, -0.15) is 15.0 Å². The van der Waals surface area contributed by atoms with E-state index in [-0.39, 0.29) is 5.28 Å². The lowest BCUT2D eigenvalue weighted by Gasteiger charge is -2.02. The topological polar surface area (TPSA) is 50.7 Å². The summed E-state index contributed by atoms with van der Waals surface area (Å²) in [6.45, 7) is 0. The predicted molar refractivity (Wildman–Crippen MR) is 64.9 cm³/mol. The maximum atomic E-state index is 5.78. The molecule has 0 amide bonds. The number of anilines is 1. The van der Waals surface area contributed by atoms with E-state index in [1.165, 1.54) is 11.8 Å². The zero-order valence-corrected chi connectivity index (χ0v) is 10.1. The van der Waals surface area contributed by atoms with E-state index in [4.69, 9.17) is 11.6 Å². The van der Waals surface area contributed by atoms with E-state index in [2.05, 4.69) is 20.3 Å². The van der Waals surface area contributed by atoms with E-state index in [0.29, 0.717) is 11.1 Å². The maximum Gasteiger partial charge on any atom is 0.228 e. The van der Waals surface area contributed by atoms with Gasteiger partial charge in [0.2, 0.25) is 11.2 Å². The summed E-state index contributed by atoms with van der Waals surface area (Å²) in [5.41, 5.74) is 0. The SMILES string of the molecule is CNc1nc(Cl)nc(Sc2ccccc2)n1. The summed E-state index contributed by atoms with van der Waals surface area (Å²) in [7, 11) is 1.74. The Bertz CT molecular complexity index is 478. The van der Waals surface area contributed by atoms with E-state index in [1.54, 1.807) is 7.05 Å². The van der Waals surface area contributed by atoms with Gasteiger partial charge in [-0.1, -0.05) is 18.2 Å². The highest BCUT2D eigenvalue weighted by atomic mass is 35.5. The van der Waals surface area contributed by atoms with Gasteiger partial charge in [-0.3, -0.25) is 0 Å². The van der Waals surface area contributed by atoms with Crippen LogP contribution < -0.4 is 5.32 Å². The van der Waals surface area contributed by atoms with Gasteiger partial charge in [0.05, 0.1) is 0 Å². The normalized spacial score (nSPS) is 10.1. The fourth-order valence-corrected chi connectivity index (χ4v) is 2.06. The summed E-state index contributed by atoms with van der Waals surface area (Å²) in [5, 5.41) is 3.61. The van der Waals surface area contributed by atoms with Gasteiger partial charge in [-0.15, -0.1) is 0 Å². The largest absolute Gasteiger partial charge is 0.357 e. The fourth-order valence-electron chi connectivity index (χ4n) is 1.08. The smallest absolute Gasteiger partial charge is 0.228 e. The van der Waals surface area contributed by atoms with Gasteiger partial charge in [-0.05, 0) is 35.5 Å². The molecule has 0 atom stereocenters. The van der Waals surface area contributed by atoms with Crippen LogP contribution in [0.3, 0.4) is 0 Å². The molecule has 82 valence electrons. The Hall–Kier alpha value is -1.33. The third-order valence-electron chi connectivity index (χ3n) is 1.76. The molecule has 0 saturated heterocycles. The molecule has 0 aliphatic heterocycles. The molecule has 2 aromatic rings. The number of nitrogens with one attached hydrogen (secondary N) is 1. The Balaban J connectivity index is 2.24. The van der Waals surface area contributed by atoms with Gasteiger partial charge in [-0.25, -0.2) is 0 Å². The molecule has 0 bridgehead atoms. The molecule has 6 heteroatoms. The maximum absolute atomic E-state index is 5.78. The average molecular weight is 253 g/mol. The fraction of sp³-hybridized carbons (Fsp3) is 0.100. The summed E-state index contributed by atoms with van der Waals surface area (Å²) in [6.07, 6.45) is 0. The first kappa shape index (κ1) is 11.2. The summed E-state index contributed by atoms with van der Waals surface area (Å²) in [6, 6.07) is 9.86. The van der Waals surface area contributed by atoms with Crippen LogP contribution in [0.25, 0.3) is 0 Å². The molecule has 1 N–H and O–H groups in total. The quantitative estimate of drug-likeness (QED) is 0.910. The molecule has 0 fully saturated rings. The van der Waals surface area contributed by atoms with Gasteiger partial charge in [0.25, 0.3) is 0 Å². The highest BCUT2D eigenvalue weighted by Crippen LogP contribution is 2.25. The second-order valence-electron chi connectivity index (χ2n) is 2.88. The zero-order chi connectivity index (χ0) is 11.4. The number of hydrogen-bond acceptors (Lipinski definition) is 5. The Kier molecular flexibility index (Phi) is 3.58. The molecule has 1 aromatic carbocycles. The molecule has 1 aromatic heterocycles. The molecule has 2 rings (SSSR count). The third-order valence-corrected chi connectivity index (χ3v) is 2.81. The van der Waals surface area contributed by atoms with Crippen molar-refractivity contribution in [1.82, 2.24) is 15.0 Å². The number of nitrogens with zero attached hydrogens (tertiary/aromatic N) is 3. The van der Waals surface area contributed by atoms with E-state index in [0.717, 1.165) is 4.90 Å². The monoisotopic (exact) mass is 252 g/mol. The lowest BCUT2D eigenvalue weighted by atomic mass is 10.4. The average Bonchev–Trinajstić information content (AvgIpc) is 2.29. The molecule has 0 radical (unpaired) electrons. The second-order valence-corrected chi connectivity index (χ2v) is 4.25. The molecule has 0 aliphatic rings. The number of halogens is 1. The van der Waals surface area contributed by atoms with Crippen LogP contribution in [0, 0.1) is 0 Å². The van der Waals surface area contributed by atoms with E-state index in [1.807, 2.05) is 30.3 Å². The Labute approximate surface area is 102 Å². The van der Waals surface area contributed by atoms with Crippen LogP contribution in [0.4, 0.5) is 5.95 Å². The summed E-state index contributed by atoms with van der Waals surface area (Å²) in [4.78, 5) is 13.2. The lowest BCUT2D eigenvalue weighted by molar-refractivity contribution is 0.908. The van der Waals surface area contributed by atoms with Crippen LogP contribution in [0.1, 0.15) is 0 Å². The molecule has 0 spiro atoms. The Morgan fingerprint density at radius 2 is 1.88 bits per heavy atom. The van der Waals surface area contributed by atoms with E-state index >= 15 is 0 Å². The Morgan fingerprint density at radius 3 is 2.56 bits per heavy atom. The van der Waals surface area contributed by atoms with Crippen LogP contribution in [0.2, 0.25) is 5.28 Å². The van der Waals surface area contributed by atoms with Gasteiger partial charge in [0, 0.05) is 11.9 Å². The van der Waals surface area contributed by atoms with E-state index in [9.17, 15) is 0 Å². The first-order valence-corrected chi connectivity index (χ1v) is 5.79. The van der Waals surface area contributed by atoms with Crippen LogP contribution in [-0.4, -0.2) is 22.0 Å². The van der Waals surface area contributed by atoms with Crippen LogP contribution in [0.15, 0.2) is 40.4 Å². The molecule has 0 unspecified atom stereocenters. The van der Waals surface area contributed by atoms with Gasteiger partial charge in [0.15, 0.2) is 5.16 Å². The standard InChI is InChI=1S/C10H9ClN4S/c1-12-9-13-8(11)14-10(15-9)16-7-5-3-2-4-6-7/h2-6H,1H3,(H,12,13,14,15). The summed E-state index contributed by atoms with van der Waals surface area (Å²) < 4.78 is 0. The van der Waals surface area contributed by atoms with Crippen molar-refractivity contribution >= 4 is 29.3 Å². The van der Waals surface area contributed by atoms with Gasteiger partial charge < -0.3 is 5.32 Å². The minimum absolute atomic E-state index is 0.192. The number of hydrogen-bond donors (Lipinski definition) is 1. The molecule has 16 heavy (non-hydrogen) atoms. The number of benzene rings is 1. The summed E-state index contributed by atoms with van der Waals surface area (Å²) in [5.74, 6) is 0.471. The molecular formula is C10H9ClN4S. The van der Waals surface area contributed by atoms with Crippen LogP contribution in [-0.2, 0) is 0 Å². The summed E-state index contributed by atoms with van der Waals surface area (Å²) >= 11 is 7.22. The molecule has 0 saturated carbocycles. The first-order valence-electron chi connectivity index (χ1n) is 4.60. The van der Waals surface area contributed by atoms with Crippen molar-refractivity contribution in [2.75, 3.05) is 12.4 Å². The molecule has 1 heterocycles. The first-order chi connectivity index (χ1) is 7.78. The third kappa shape index (κ3) is 2.84. The minimum atomic E-state index is 0.192. The van der Waals surface area contributed by atoms with Crippen LogP contribution in [0.5, 0.6) is 0 Å². The highest BCUT2D eigenvalue weighted by Gasteiger charge is 2.05. The highest BCUT2D eigenvalue weighted by molar-refractivity contribution is 7.99. The van der Waals surface area contributed by atoms with E-state index < -0.39 is 0 Å². The number of rotatable bonds is 3. The minimum Gasteiger partial charge on any atom is -0.357 e. The van der Waals surface area contributed by atoms with Gasteiger partial charge >= 0.3 is 0 Å². The molecular weight excluding hydrogens is 244 g/mol. The molecule has 4 nitrogen and oxygen atoms in total. The lowest BCUT2D eigenvalue weighted by Crippen LogP contribution is -1.99. The van der Waals surface area contributed by atoms with Crippen molar-refractivity contribution < 1.29 is 0 Å².